The van der Waals surface area contributed by atoms with E-state index >= 15 is 0 Å². The van der Waals surface area contributed by atoms with Gasteiger partial charge in [0.1, 0.15) is 11.6 Å². The predicted octanol–water partition coefficient (Wildman–Crippen LogP) is 4.55. The van der Waals surface area contributed by atoms with Crippen LogP contribution in [0, 0.1) is 24.5 Å². The minimum Gasteiger partial charge on any atom is -0.314 e. The maximum atomic E-state index is 14.4. The second-order valence-electron chi connectivity index (χ2n) is 6.31. The van der Waals surface area contributed by atoms with E-state index in [0.29, 0.717) is 23.1 Å². The predicted molar refractivity (Wildman–Crippen MR) is 78.9 cm³/mol. The van der Waals surface area contributed by atoms with Crippen LogP contribution in [-0.4, -0.2) is 12.6 Å². The Hall–Kier alpha value is -0.960. The molecule has 0 aliphatic heterocycles. The average Bonchev–Trinajstić information content (AvgIpc) is 2.42. The van der Waals surface area contributed by atoms with Crippen molar-refractivity contribution >= 4 is 0 Å². The first-order valence-corrected chi connectivity index (χ1v) is 7.68. The third kappa shape index (κ3) is 3.38. The van der Waals surface area contributed by atoms with Gasteiger partial charge in [0.25, 0.3) is 0 Å². The Labute approximate surface area is 120 Å². The minimum absolute atomic E-state index is 0.00917. The molecular formula is C17H25F2N. The Bertz CT molecular complexity index is 457. The van der Waals surface area contributed by atoms with Gasteiger partial charge in [0.2, 0.25) is 0 Å². The molecule has 1 aliphatic rings. The second kappa shape index (κ2) is 6.66. The lowest BCUT2D eigenvalue weighted by Crippen LogP contribution is -2.34. The van der Waals surface area contributed by atoms with E-state index in [1.165, 1.54) is 12.1 Å². The molecule has 1 aromatic rings. The average molecular weight is 281 g/mol. The van der Waals surface area contributed by atoms with Gasteiger partial charge in [-0.2, -0.15) is 0 Å². The highest BCUT2D eigenvalue weighted by Gasteiger charge is 2.31. The van der Waals surface area contributed by atoms with Crippen LogP contribution in [0.3, 0.4) is 0 Å². The van der Waals surface area contributed by atoms with E-state index in [0.717, 1.165) is 32.2 Å². The van der Waals surface area contributed by atoms with Gasteiger partial charge in [0.15, 0.2) is 0 Å². The fourth-order valence-electron chi connectivity index (χ4n) is 3.24. The van der Waals surface area contributed by atoms with E-state index in [9.17, 15) is 8.78 Å². The zero-order valence-corrected chi connectivity index (χ0v) is 12.7. The van der Waals surface area contributed by atoms with Gasteiger partial charge in [0, 0.05) is 11.6 Å². The summed E-state index contributed by atoms with van der Waals surface area (Å²) in [7, 11) is 0. The molecule has 2 rings (SSSR count). The highest BCUT2D eigenvalue weighted by molar-refractivity contribution is 5.30. The first-order valence-electron chi connectivity index (χ1n) is 7.68. The maximum absolute atomic E-state index is 14.4. The summed E-state index contributed by atoms with van der Waals surface area (Å²) in [5.41, 5.74) is 0.864. The summed E-state index contributed by atoms with van der Waals surface area (Å²) >= 11 is 0. The SMILES string of the molecule is Cc1ccc(F)c(C2CCCCC2CNC(C)C)c1F. The Balaban J connectivity index is 2.26. The number of aryl methyl sites for hydroxylation is 1. The first kappa shape index (κ1) is 15.4. The fourth-order valence-corrected chi connectivity index (χ4v) is 3.24. The largest absolute Gasteiger partial charge is 0.314 e. The molecule has 1 saturated carbocycles. The quantitative estimate of drug-likeness (QED) is 0.854. The van der Waals surface area contributed by atoms with Crippen LogP contribution in [0.4, 0.5) is 8.78 Å². The third-order valence-electron chi connectivity index (χ3n) is 4.39. The smallest absolute Gasteiger partial charge is 0.132 e. The van der Waals surface area contributed by atoms with Gasteiger partial charge in [-0.3, -0.25) is 0 Å². The summed E-state index contributed by atoms with van der Waals surface area (Å²) in [5, 5.41) is 3.42. The molecule has 0 saturated heterocycles. The van der Waals surface area contributed by atoms with Crippen molar-refractivity contribution in [3.8, 4) is 0 Å². The van der Waals surface area contributed by atoms with Crippen molar-refractivity contribution in [2.24, 2.45) is 5.92 Å². The van der Waals surface area contributed by atoms with Gasteiger partial charge < -0.3 is 5.32 Å². The standard InChI is InChI=1S/C17H25F2N/c1-11(2)20-10-13-6-4-5-7-14(13)16-15(18)9-8-12(3)17(16)19/h8-9,11,13-14,20H,4-7,10H2,1-3H3. The molecule has 0 amide bonds. The van der Waals surface area contributed by atoms with Crippen molar-refractivity contribution in [2.75, 3.05) is 6.54 Å². The summed E-state index contributed by atoms with van der Waals surface area (Å²) in [6.45, 7) is 6.76. The van der Waals surface area contributed by atoms with E-state index in [1.807, 2.05) is 0 Å². The van der Waals surface area contributed by atoms with Crippen molar-refractivity contribution < 1.29 is 8.78 Å². The molecule has 3 heteroatoms. The summed E-state index contributed by atoms with van der Waals surface area (Å²) in [4.78, 5) is 0. The molecule has 1 aromatic carbocycles. The van der Waals surface area contributed by atoms with Gasteiger partial charge >= 0.3 is 0 Å². The summed E-state index contributed by atoms with van der Waals surface area (Å²) < 4.78 is 28.5. The van der Waals surface area contributed by atoms with Crippen LogP contribution >= 0.6 is 0 Å². The van der Waals surface area contributed by atoms with Crippen molar-refractivity contribution in [2.45, 2.75) is 58.4 Å². The lowest BCUT2D eigenvalue weighted by molar-refractivity contribution is 0.278. The lowest BCUT2D eigenvalue weighted by atomic mass is 9.74. The molecular weight excluding hydrogens is 256 g/mol. The molecule has 112 valence electrons. The monoisotopic (exact) mass is 281 g/mol. The Morgan fingerprint density at radius 2 is 1.90 bits per heavy atom. The van der Waals surface area contributed by atoms with Crippen LogP contribution in [0.15, 0.2) is 12.1 Å². The molecule has 0 radical (unpaired) electrons. The molecule has 0 bridgehead atoms. The summed E-state index contributed by atoms with van der Waals surface area (Å²) in [6.07, 6.45) is 4.17. The van der Waals surface area contributed by atoms with Gasteiger partial charge in [-0.25, -0.2) is 8.78 Å². The van der Waals surface area contributed by atoms with Crippen molar-refractivity contribution in [1.29, 1.82) is 0 Å². The van der Waals surface area contributed by atoms with Crippen LogP contribution in [0.25, 0.3) is 0 Å². The number of halogens is 2. The van der Waals surface area contributed by atoms with E-state index in [-0.39, 0.29) is 17.6 Å². The zero-order valence-electron chi connectivity index (χ0n) is 12.7. The highest BCUT2D eigenvalue weighted by atomic mass is 19.1. The molecule has 1 nitrogen and oxygen atoms in total. The van der Waals surface area contributed by atoms with Crippen LogP contribution in [0.2, 0.25) is 0 Å². The maximum Gasteiger partial charge on any atom is 0.132 e. The number of rotatable bonds is 4. The van der Waals surface area contributed by atoms with E-state index in [4.69, 9.17) is 0 Å². The topological polar surface area (TPSA) is 12.0 Å². The summed E-state index contributed by atoms with van der Waals surface area (Å²) in [5.74, 6) is -0.382. The Kier molecular flexibility index (Phi) is 5.14. The van der Waals surface area contributed by atoms with Crippen molar-refractivity contribution in [1.82, 2.24) is 5.32 Å². The van der Waals surface area contributed by atoms with Gasteiger partial charge in [0.05, 0.1) is 0 Å². The molecule has 0 spiro atoms. The number of nitrogens with one attached hydrogen (secondary N) is 1. The summed E-state index contributed by atoms with van der Waals surface area (Å²) in [6, 6.07) is 3.35. The highest BCUT2D eigenvalue weighted by Crippen LogP contribution is 2.40. The molecule has 2 atom stereocenters. The van der Waals surface area contributed by atoms with Gasteiger partial charge in [-0.05, 0) is 49.8 Å². The van der Waals surface area contributed by atoms with Gasteiger partial charge in [-0.15, -0.1) is 0 Å². The van der Waals surface area contributed by atoms with Gasteiger partial charge in [-0.1, -0.05) is 32.8 Å². The fraction of sp³-hybridized carbons (Fsp3) is 0.647. The molecule has 1 fully saturated rings. The second-order valence-corrected chi connectivity index (χ2v) is 6.31. The third-order valence-corrected chi connectivity index (χ3v) is 4.39. The zero-order chi connectivity index (χ0) is 14.7. The number of hydrogen-bond donors (Lipinski definition) is 1. The molecule has 0 aromatic heterocycles. The first-order chi connectivity index (χ1) is 9.50. The van der Waals surface area contributed by atoms with Crippen LogP contribution in [-0.2, 0) is 0 Å². The van der Waals surface area contributed by atoms with E-state index in [2.05, 4.69) is 19.2 Å². The molecule has 0 heterocycles. The van der Waals surface area contributed by atoms with Crippen LogP contribution in [0.1, 0.15) is 56.6 Å². The van der Waals surface area contributed by atoms with Crippen molar-refractivity contribution in [3.63, 3.8) is 0 Å². The minimum atomic E-state index is -0.380. The molecule has 1 N–H and O–H groups in total. The normalized spacial score (nSPS) is 23.3. The molecule has 2 unspecified atom stereocenters. The number of benzene rings is 1. The van der Waals surface area contributed by atoms with E-state index in [1.54, 1.807) is 6.92 Å². The van der Waals surface area contributed by atoms with Crippen molar-refractivity contribution in [3.05, 3.63) is 34.9 Å². The molecule has 1 aliphatic carbocycles. The van der Waals surface area contributed by atoms with Crippen LogP contribution in [0.5, 0.6) is 0 Å². The van der Waals surface area contributed by atoms with Crippen LogP contribution < -0.4 is 5.32 Å². The Morgan fingerprint density at radius 3 is 2.60 bits per heavy atom. The van der Waals surface area contributed by atoms with E-state index < -0.39 is 0 Å². The molecule has 20 heavy (non-hydrogen) atoms. The number of hydrogen-bond acceptors (Lipinski definition) is 1. The Morgan fingerprint density at radius 1 is 1.20 bits per heavy atom. The lowest BCUT2D eigenvalue weighted by Gasteiger charge is -2.33.